The van der Waals surface area contributed by atoms with Gasteiger partial charge in [-0.2, -0.15) is 0 Å². The second-order valence-electron chi connectivity index (χ2n) is 8.16. The van der Waals surface area contributed by atoms with E-state index in [2.05, 4.69) is 16.9 Å². The van der Waals surface area contributed by atoms with Crippen LogP contribution in [-0.4, -0.2) is 21.7 Å². The highest BCUT2D eigenvalue weighted by Crippen LogP contribution is 2.26. The van der Waals surface area contributed by atoms with Crippen molar-refractivity contribution in [2.45, 2.75) is 64.7 Å². The quantitative estimate of drug-likeness (QED) is 0.281. The number of phenols is 1. The number of rotatable bonds is 13. The molecule has 0 unspecified atom stereocenters. The van der Waals surface area contributed by atoms with Gasteiger partial charge < -0.3 is 9.84 Å². The van der Waals surface area contributed by atoms with E-state index in [4.69, 9.17) is 4.74 Å². The Morgan fingerprint density at radius 3 is 2.03 bits per heavy atom. The first-order valence-corrected chi connectivity index (χ1v) is 11.7. The van der Waals surface area contributed by atoms with Crippen LogP contribution in [0, 0.1) is 5.82 Å². The zero-order chi connectivity index (χ0) is 22.6. The number of nitrogens with zero attached hydrogens (tertiary/aromatic N) is 2. The molecule has 0 aliphatic heterocycles. The summed E-state index contributed by atoms with van der Waals surface area (Å²) in [5.41, 5.74) is 2.03. The zero-order valence-electron chi connectivity index (χ0n) is 18.9. The van der Waals surface area contributed by atoms with Crippen LogP contribution in [-0.2, 0) is 0 Å². The predicted molar refractivity (Wildman–Crippen MR) is 127 cm³/mol. The molecule has 0 aliphatic carbocycles. The van der Waals surface area contributed by atoms with Gasteiger partial charge in [-0.1, -0.05) is 70.4 Å². The van der Waals surface area contributed by atoms with Crippen molar-refractivity contribution in [3.8, 4) is 34.0 Å². The van der Waals surface area contributed by atoms with E-state index in [0.29, 0.717) is 23.7 Å². The molecular weight excluding hydrogens is 403 g/mol. The SMILES string of the molecule is CCCCCCCCCCCOc1ccc(-c2ncc(-c3ccc(O)cc3)cn2)c(F)c1. The van der Waals surface area contributed by atoms with E-state index in [0.717, 1.165) is 24.0 Å². The Morgan fingerprint density at radius 1 is 0.781 bits per heavy atom. The first kappa shape index (κ1) is 23.7. The average molecular weight is 437 g/mol. The van der Waals surface area contributed by atoms with Gasteiger partial charge in [-0.3, -0.25) is 0 Å². The van der Waals surface area contributed by atoms with E-state index in [1.54, 1.807) is 48.8 Å². The lowest BCUT2D eigenvalue weighted by Crippen LogP contribution is -1.99. The standard InChI is InChI=1S/C27H33FN2O2/c1-2-3-4-5-6-7-8-9-10-17-32-24-15-16-25(26(28)18-24)27-29-19-22(20-30-27)21-11-13-23(31)14-12-21/h11-16,18-20,31H,2-10,17H2,1H3. The molecule has 0 aliphatic rings. The van der Waals surface area contributed by atoms with Crippen molar-refractivity contribution in [2.24, 2.45) is 0 Å². The second-order valence-corrected chi connectivity index (χ2v) is 8.16. The Labute approximate surface area is 190 Å². The van der Waals surface area contributed by atoms with Gasteiger partial charge in [0.05, 0.1) is 12.2 Å². The van der Waals surface area contributed by atoms with E-state index < -0.39 is 5.82 Å². The summed E-state index contributed by atoms with van der Waals surface area (Å²) in [7, 11) is 0. The van der Waals surface area contributed by atoms with Crippen molar-refractivity contribution in [1.82, 2.24) is 9.97 Å². The number of hydrogen-bond acceptors (Lipinski definition) is 4. The maximum atomic E-state index is 14.6. The van der Waals surface area contributed by atoms with E-state index in [1.165, 1.54) is 51.0 Å². The fourth-order valence-electron chi connectivity index (χ4n) is 3.64. The van der Waals surface area contributed by atoms with Gasteiger partial charge in [0.2, 0.25) is 0 Å². The van der Waals surface area contributed by atoms with Crippen molar-refractivity contribution in [3.63, 3.8) is 0 Å². The number of benzene rings is 2. The Kier molecular flexibility index (Phi) is 9.48. The summed E-state index contributed by atoms with van der Waals surface area (Å²) in [6.45, 7) is 2.84. The molecule has 0 saturated heterocycles. The first-order chi connectivity index (χ1) is 15.7. The van der Waals surface area contributed by atoms with Gasteiger partial charge in [-0.25, -0.2) is 14.4 Å². The molecule has 170 valence electrons. The van der Waals surface area contributed by atoms with Crippen molar-refractivity contribution in [1.29, 1.82) is 0 Å². The Morgan fingerprint density at radius 2 is 1.41 bits per heavy atom. The number of halogens is 1. The van der Waals surface area contributed by atoms with Gasteiger partial charge in [0.15, 0.2) is 5.82 Å². The molecule has 1 aromatic heterocycles. The minimum absolute atomic E-state index is 0.202. The van der Waals surface area contributed by atoms with E-state index in [1.807, 2.05) is 0 Å². The third kappa shape index (κ3) is 7.33. The van der Waals surface area contributed by atoms with Gasteiger partial charge >= 0.3 is 0 Å². The summed E-state index contributed by atoms with van der Waals surface area (Å²) in [4.78, 5) is 8.62. The molecule has 0 spiro atoms. The van der Waals surface area contributed by atoms with Crippen LogP contribution in [0.25, 0.3) is 22.5 Å². The van der Waals surface area contributed by atoms with Gasteiger partial charge in [-0.05, 0) is 36.2 Å². The van der Waals surface area contributed by atoms with Gasteiger partial charge in [0, 0.05) is 24.0 Å². The van der Waals surface area contributed by atoms with E-state index in [-0.39, 0.29) is 5.75 Å². The average Bonchev–Trinajstić information content (AvgIpc) is 2.81. The molecule has 1 heterocycles. The molecule has 3 rings (SSSR count). The summed E-state index contributed by atoms with van der Waals surface area (Å²) in [5, 5.41) is 9.40. The topological polar surface area (TPSA) is 55.2 Å². The van der Waals surface area contributed by atoms with E-state index >= 15 is 0 Å². The maximum Gasteiger partial charge on any atom is 0.162 e. The third-order valence-corrected chi connectivity index (χ3v) is 5.55. The minimum atomic E-state index is -0.396. The largest absolute Gasteiger partial charge is 0.508 e. The van der Waals surface area contributed by atoms with Crippen LogP contribution < -0.4 is 4.74 Å². The molecule has 0 saturated carbocycles. The summed E-state index contributed by atoms with van der Waals surface area (Å²) in [5.74, 6) is 0.669. The van der Waals surface area contributed by atoms with Crippen LogP contribution in [0.5, 0.6) is 11.5 Å². The lowest BCUT2D eigenvalue weighted by atomic mass is 10.1. The van der Waals surface area contributed by atoms with Crippen molar-refractivity contribution in [3.05, 3.63) is 60.7 Å². The molecule has 3 aromatic rings. The maximum absolute atomic E-state index is 14.6. The number of aromatic hydroxyl groups is 1. The highest BCUT2D eigenvalue weighted by molar-refractivity contribution is 5.64. The molecule has 4 nitrogen and oxygen atoms in total. The molecule has 0 fully saturated rings. The van der Waals surface area contributed by atoms with Crippen LogP contribution in [0.2, 0.25) is 0 Å². The normalized spacial score (nSPS) is 10.9. The summed E-state index contributed by atoms with van der Waals surface area (Å²) in [6, 6.07) is 11.6. The molecule has 0 amide bonds. The molecule has 1 N–H and O–H groups in total. The third-order valence-electron chi connectivity index (χ3n) is 5.55. The fraction of sp³-hybridized carbons (Fsp3) is 0.407. The lowest BCUT2D eigenvalue weighted by Gasteiger charge is -2.09. The number of phenolic OH excluding ortho intramolecular Hbond substituents is 1. The van der Waals surface area contributed by atoms with Gasteiger partial charge in [-0.15, -0.1) is 0 Å². The van der Waals surface area contributed by atoms with Crippen molar-refractivity contribution in [2.75, 3.05) is 6.61 Å². The van der Waals surface area contributed by atoms with Crippen LogP contribution in [0.1, 0.15) is 64.7 Å². The molecule has 0 radical (unpaired) electrons. The summed E-state index contributed by atoms with van der Waals surface area (Å²) >= 11 is 0. The number of ether oxygens (including phenoxy) is 1. The Hall–Kier alpha value is -2.95. The van der Waals surface area contributed by atoms with Crippen molar-refractivity contribution < 1.29 is 14.2 Å². The summed E-state index contributed by atoms with van der Waals surface area (Å²) in [6.07, 6.45) is 14.6. The zero-order valence-corrected chi connectivity index (χ0v) is 18.9. The first-order valence-electron chi connectivity index (χ1n) is 11.7. The van der Waals surface area contributed by atoms with Crippen LogP contribution in [0.3, 0.4) is 0 Å². The molecule has 0 atom stereocenters. The molecule has 2 aromatic carbocycles. The Bertz CT molecular complexity index is 943. The number of aromatic nitrogens is 2. The fourth-order valence-corrected chi connectivity index (χ4v) is 3.64. The Balaban J connectivity index is 1.44. The predicted octanol–water partition coefficient (Wildman–Crippen LogP) is 7.56. The van der Waals surface area contributed by atoms with Gasteiger partial charge in [0.1, 0.15) is 17.3 Å². The minimum Gasteiger partial charge on any atom is -0.508 e. The number of hydrogen-bond donors (Lipinski definition) is 1. The van der Waals surface area contributed by atoms with Crippen LogP contribution >= 0.6 is 0 Å². The van der Waals surface area contributed by atoms with Crippen molar-refractivity contribution >= 4 is 0 Å². The smallest absolute Gasteiger partial charge is 0.162 e. The monoisotopic (exact) mass is 436 g/mol. The van der Waals surface area contributed by atoms with Crippen LogP contribution in [0.15, 0.2) is 54.9 Å². The molecule has 0 bridgehead atoms. The van der Waals surface area contributed by atoms with E-state index in [9.17, 15) is 9.50 Å². The highest BCUT2D eigenvalue weighted by Gasteiger charge is 2.10. The number of unbranched alkanes of at least 4 members (excludes halogenated alkanes) is 8. The second kappa shape index (κ2) is 12.8. The van der Waals surface area contributed by atoms with Gasteiger partial charge in [0.25, 0.3) is 0 Å². The lowest BCUT2D eigenvalue weighted by molar-refractivity contribution is 0.303. The molecule has 5 heteroatoms. The summed E-state index contributed by atoms with van der Waals surface area (Å²) < 4.78 is 20.3. The highest BCUT2D eigenvalue weighted by atomic mass is 19.1. The molecular formula is C27H33FN2O2. The molecule has 32 heavy (non-hydrogen) atoms. The van der Waals surface area contributed by atoms with Crippen LogP contribution in [0.4, 0.5) is 4.39 Å².